The van der Waals surface area contributed by atoms with Gasteiger partial charge < -0.3 is 4.42 Å². The topological polar surface area (TPSA) is 13.1 Å². The molecule has 0 spiro atoms. The van der Waals surface area contributed by atoms with Gasteiger partial charge in [0.1, 0.15) is 11.5 Å². The summed E-state index contributed by atoms with van der Waals surface area (Å²) in [5, 5.41) is 0. The summed E-state index contributed by atoms with van der Waals surface area (Å²) in [5.41, 5.74) is 0. The highest BCUT2D eigenvalue weighted by Gasteiger charge is 2.23. The molecule has 78 valence electrons. The van der Waals surface area contributed by atoms with E-state index in [9.17, 15) is 0 Å². The maximum absolute atomic E-state index is 5.72. The summed E-state index contributed by atoms with van der Waals surface area (Å²) in [6, 6.07) is 4.25. The van der Waals surface area contributed by atoms with Gasteiger partial charge in [-0.25, -0.2) is 0 Å². The van der Waals surface area contributed by atoms with Crippen LogP contribution in [-0.4, -0.2) is 0 Å². The lowest BCUT2D eigenvalue weighted by Gasteiger charge is -2.26. The van der Waals surface area contributed by atoms with E-state index in [1.54, 1.807) is 0 Å². The third kappa shape index (κ3) is 2.02. The van der Waals surface area contributed by atoms with Crippen molar-refractivity contribution in [3.05, 3.63) is 23.7 Å². The molecular weight excluding hydrogens is 172 g/mol. The van der Waals surface area contributed by atoms with Crippen LogP contribution in [0.4, 0.5) is 0 Å². The zero-order valence-electron chi connectivity index (χ0n) is 9.25. The average Bonchev–Trinajstić information content (AvgIpc) is 2.65. The summed E-state index contributed by atoms with van der Waals surface area (Å²) < 4.78 is 5.72. The molecule has 1 nitrogen and oxygen atoms in total. The zero-order valence-corrected chi connectivity index (χ0v) is 9.25. The van der Waals surface area contributed by atoms with Crippen LogP contribution >= 0.6 is 0 Å². The van der Waals surface area contributed by atoms with Crippen molar-refractivity contribution in [2.24, 2.45) is 5.92 Å². The molecule has 1 aliphatic rings. The van der Waals surface area contributed by atoms with Gasteiger partial charge in [0.25, 0.3) is 0 Å². The van der Waals surface area contributed by atoms with Gasteiger partial charge in [-0.15, -0.1) is 0 Å². The predicted molar refractivity (Wildman–Crippen MR) is 58.4 cm³/mol. The van der Waals surface area contributed by atoms with E-state index in [-0.39, 0.29) is 0 Å². The molecule has 1 heteroatoms. The molecule has 0 radical (unpaired) electrons. The van der Waals surface area contributed by atoms with Crippen molar-refractivity contribution in [3.8, 4) is 0 Å². The van der Waals surface area contributed by atoms with E-state index in [0.29, 0.717) is 5.92 Å². The minimum atomic E-state index is 0.697. The maximum atomic E-state index is 5.72. The second kappa shape index (κ2) is 4.20. The van der Waals surface area contributed by atoms with Gasteiger partial charge in [0, 0.05) is 5.92 Å². The molecule has 0 aliphatic heterocycles. The second-order valence-electron chi connectivity index (χ2n) is 4.59. The van der Waals surface area contributed by atoms with Crippen LogP contribution in [0.25, 0.3) is 0 Å². The fourth-order valence-electron chi connectivity index (χ4n) is 2.59. The normalized spacial score (nSPS) is 27.9. The Morgan fingerprint density at radius 1 is 1.36 bits per heavy atom. The Labute approximate surface area is 86.5 Å². The Morgan fingerprint density at radius 3 is 2.86 bits per heavy atom. The number of hydrogen-bond acceptors (Lipinski definition) is 1. The van der Waals surface area contributed by atoms with Crippen molar-refractivity contribution in [1.29, 1.82) is 0 Å². The molecule has 2 unspecified atom stereocenters. The SMILES string of the molecule is CCC1CCCC(c2ccc(C)o2)C1. The first-order chi connectivity index (χ1) is 6.79. The molecule has 0 bridgehead atoms. The van der Waals surface area contributed by atoms with Crippen LogP contribution in [0.5, 0.6) is 0 Å². The molecule has 1 fully saturated rings. The van der Waals surface area contributed by atoms with Crippen molar-refractivity contribution in [2.45, 2.75) is 51.9 Å². The van der Waals surface area contributed by atoms with Crippen LogP contribution in [-0.2, 0) is 0 Å². The van der Waals surface area contributed by atoms with Crippen LogP contribution in [0, 0.1) is 12.8 Å². The third-order valence-electron chi connectivity index (χ3n) is 3.52. The molecule has 14 heavy (non-hydrogen) atoms. The first kappa shape index (κ1) is 9.82. The summed E-state index contributed by atoms with van der Waals surface area (Å²) in [7, 11) is 0. The highest BCUT2D eigenvalue weighted by atomic mass is 16.3. The third-order valence-corrected chi connectivity index (χ3v) is 3.52. The van der Waals surface area contributed by atoms with Crippen molar-refractivity contribution in [2.75, 3.05) is 0 Å². The van der Waals surface area contributed by atoms with E-state index >= 15 is 0 Å². The highest BCUT2D eigenvalue weighted by Crippen LogP contribution is 2.37. The van der Waals surface area contributed by atoms with Gasteiger partial charge in [0.05, 0.1) is 0 Å². The summed E-state index contributed by atoms with van der Waals surface area (Å²) in [6.07, 6.45) is 6.79. The largest absolute Gasteiger partial charge is 0.466 e. The van der Waals surface area contributed by atoms with E-state index < -0.39 is 0 Å². The number of aryl methyl sites for hydroxylation is 1. The van der Waals surface area contributed by atoms with Gasteiger partial charge in [-0.3, -0.25) is 0 Å². The minimum Gasteiger partial charge on any atom is -0.466 e. The van der Waals surface area contributed by atoms with Crippen molar-refractivity contribution in [1.82, 2.24) is 0 Å². The molecule has 1 aromatic heterocycles. The van der Waals surface area contributed by atoms with Gasteiger partial charge in [-0.2, -0.15) is 0 Å². The lowest BCUT2D eigenvalue weighted by Crippen LogP contribution is -2.12. The number of furan rings is 1. The van der Waals surface area contributed by atoms with Crippen LogP contribution in [0.15, 0.2) is 16.5 Å². The minimum absolute atomic E-state index is 0.697. The smallest absolute Gasteiger partial charge is 0.107 e. The summed E-state index contributed by atoms with van der Waals surface area (Å²) in [5.74, 6) is 3.90. The van der Waals surface area contributed by atoms with E-state index in [2.05, 4.69) is 19.1 Å². The van der Waals surface area contributed by atoms with E-state index in [1.165, 1.54) is 37.9 Å². The van der Waals surface area contributed by atoms with E-state index in [0.717, 1.165) is 11.7 Å². The number of rotatable bonds is 2. The van der Waals surface area contributed by atoms with Crippen molar-refractivity contribution in [3.63, 3.8) is 0 Å². The van der Waals surface area contributed by atoms with Gasteiger partial charge in [-0.1, -0.05) is 26.2 Å². The summed E-state index contributed by atoms with van der Waals surface area (Å²) in [4.78, 5) is 0. The fraction of sp³-hybridized carbons (Fsp3) is 0.692. The van der Waals surface area contributed by atoms with Crippen molar-refractivity contribution < 1.29 is 4.42 Å². The second-order valence-corrected chi connectivity index (χ2v) is 4.59. The van der Waals surface area contributed by atoms with Crippen molar-refractivity contribution >= 4 is 0 Å². The molecule has 2 rings (SSSR count). The molecule has 0 N–H and O–H groups in total. The molecule has 0 saturated heterocycles. The Kier molecular flexibility index (Phi) is 2.95. The monoisotopic (exact) mass is 192 g/mol. The quantitative estimate of drug-likeness (QED) is 0.682. The first-order valence-electron chi connectivity index (χ1n) is 5.86. The Bertz CT molecular complexity index is 287. The summed E-state index contributed by atoms with van der Waals surface area (Å²) >= 11 is 0. The molecule has 0 amide bonds. The molecule has 2 atom stereocenters. The molecule has 1 saturated carbocycles. The first-order valence-corrected chi connectivity index (χ1v) is 5.86. The Hall–Kier alpha value is -0.720. The van der Waals surface area contributed by atoms with E-state index in [1.807, 2.05) is 6.92 Å². The molecule has 1 heterocycles. The fourth-order valence-corrected chi connectivity index (χ4v) is 2.59. The van der Waals surface area contributed by atoms with E-state index in [4.69, 9.17) is 4.42 Å². The predicted octanol–water partition coefficient (Wildman–Crippen LogP) is 4.27. The highest BCUT2D eigenvalue weighted by molar-refractivity contribution is 5.11. The van der Waals surface area contributed by atoms with Crippen LogP contribution in [0.3, 0.4) is 0 Å². The molecule has 1 aliphatic carbocycles. The van der Waals surface area contributed by atoms with Gasteiger partial charge in [-0.05, 0) is 37.8 Å². The lowest BCUT2D eigenvalue weighted by molar-refractivity contribution is 0.284. The zero-order chi connectivity index (χ0) is 9.97. The van der Waals surface area contributed by atoms with Gasteiger partial charge in [0.15, 0.2) is 0 Å². The lowest BCUT2D eigenvalue weighted by atomic mass is 9.79. The molecular formula is C13H20O. The van der Waals surface area contributed by atoms with Crippen LogP contribution in [0.2, 0.25) is 0 Å². The Balaban J connectivity index is 2.04. The maximum Gasteiger partial charge on any atom is 0.107 e. The number of hydrogen-bond donors (Lipinski definition) is 0. The van der Waals surface area contributed by atoms with Crippen LogP contribution in [0.1, 0.15) is 56.5 Å². The standard InChI is InChI=1S/C13H20O/c1-3-11-5-4-6-12(9-11)13-8-7-10(2)14-13/h7-8,11-12H,3-6,9H2,1-2H3. The molecule has 0 aromatic carbocycles. The van der Waals surface area contributed by atoms with Crippen LogP contribution < -0.4 is 0 Å². The Morgan fingerprint density at radius 2 is 2.21 bits per heavy atom. The molecule has 1 aromatic rings. The van der Waals surface area contributed by atoms with Gasteiger partial charge >= 0.3 is 0 Å². The van der Waals surface area contributed by atoms with Gasteiger partial charge in [0.2, 0.25) is 0 Å². The average molecular weight is 192 g/mol. The summed E-state index contributed by atoms with van der Waals surface area (Å²) in [6.45, 7) is 4.34.